The molecule has 0 spiro atoms. The highest BCUT2D eigenvalue weighted by Crippen LogP contribution is 2.16. The van der Waals surface area contributed by atoms with Crippen LogP contribution in [0.25, 0.3) is 0 Å². The van der Waals surface area contributed by atoms with Crippen LogP contribution in [-0.2, 0) is 6.42 Å². The number of benzene rings is 1. The second kappa shape index (κ2) is 6.39. The average Bonchev–Trinajstić information content (AvgIpc) is 2.86. The summed E-state index contributed by atoms with van der Waals surface area (Å²) in [7, 11) is 0. The van der Waals surface area contributed by atoms with Crippen molar-refractivity contribution in [1.29, 1.82) is 0 Å². The van der Waals surface area contributed by atoms with Crippen molar-refractivity contribution in [1.82, 2.24) is 5.32 Å². The van der Waals surface area contributed by atoms with Crippen LogP contribution in [-0.4, -0.2) is 12.5 Å². The number of carbonyl (C=O) groups is 1. The quantitative estimate of drug-likeness (QED) is 0.879. The maximum absolute atomic E-state index is 12.1. The minimum atomic E-state index is -0.153. The van der Waals surface area contributed by atoms with Gasteiger partial charge >= 0.3 is 0 Å². The van der Waals surface area contributed by atoms with Crippen molar-refractivity contribution >= 4 is 5.91 Å². The summed E-state index contributed by atoms with van der Waals surface area (Å²) in [4.78, 5) is 12.1. The van der Waals surface area contributed by atoms with Gasteiger partial charge in [0.2, 0.25) is 0 Å². The van der Waals surface area contributed by atoms with E-state index in [1.807, 2.05) is 50.2 Å². The zero-order valence-electron chi connectivity index (χ0n) is 11.8. The Morgan fingerprint density at radius 2 is 1.95 bits per heavy atom. The molecule has 0 fully saturated rings. The van der Waals surface area contributed by atoms with Gasteiger partial charge in [-0.2, -0.15) is 0 Å². The molecule has 0 radical (unpaired) electrons. The van der Waals surface area contributed by atoms with Crippen LogP contribution in [0.1, 0.15) is 40.4 Å². The number of furan rings is 1. The lowest BCUT2D eigenvalue weighted by molar-refractivity contribution is 0.0935. The van der Waals surface area contributed by atoms with Crippen molar-refractivity contribution in [2.75, 3.05) is 6.54 Å². The van der Waals surface area contributed by atoms with Crippen LogP contribution in [0, 0.1) is 6.92 Å². The normalized spacial score (nSPS) is 12.2. The number of hydrogen-bond donors (Lipinski definition) is 2. The fraction of sp³-hybridized carbons (Fsp3) is 0.312. The number of rotatable bonds is 5. The molecule has 4 heteroatoms. The lowest BCUT2D eigenvalue weighted by atomic mass is 10.1. The molecule has 106 valence electrons. The van der Waals surface area contributed by atoms with Crippen LogP contribution in [0.15, 0.2) is 40.8 Å². The summed E-state index contributed by atoms with van der Waals surface area (Å²) in [5.41, 5.74) is 7.28. The molecule has 0 bridgehead atoms. The molecule has 0 aliphatic rings. The standard InChI is InChI=1S/C16H20N2O2/c1-11-3-8-15(20-11)12(2)18-16(19)14-6-4-13(5-7-14)9-10-17/h3-8,12H,9-10,17H2,1-2H3,(H,18,19). The van der Waals surface area contributed by atoms with Crippen LogP contribution in [0.3, 0.4) is 0 Å². The minimum Gasteiger partial charge on any atom is -0.464 e. The molecule has 2 aromatic rings. The summed E-state index contributed by atoms with van der Waals surface area (Å²) < 4.78 is 5.50. The first-order valence-corrected chi connectivity index (χ1v) is 6.76. The molecule has 1 amide bonds. The van der Waals surface area contributed by atoms with Crippen LogP contribution in [0.2, 0.25) is 0 Å². The first-order valence-electron chi connectivity index (χ1n) is 6.76. The fourth-order valence-corrected chi connectivity index (χ4v) is 2.03. The first-order chi connectivity index (χ1) is 9.60. The highest BCUT2D eigenvalue weighted by molar-refractivity contribution is 5.94. The Labute approximate surface area is 119 Å². The number of nitrogens with one attached hydrogen (secondary N) is 1. The van der Waals surface area contributed by atoms with E-state index in [0.29, 0.717) is 12.1 Å². The van der Waals surface area contributed by atoms with Crippen LogP contribution < -0.4 is 11.1 Å². The molecular weight excluding hydrogens is 252 g/mol. The van der Waals surface area contributed by atoms with Gasteiger partial charge in [0.15, 0.2) is 0 Å². The minimum absolute atomic E-state index is 0.106. The van der Waals surface area contributed by atoms with Gasteiger partial charge in [-0.15, -0.1) is 0 Å². The Kier molecular flexibility index (Phi) is 4.58. The molecule has 20 heavy (non-hydrogen) atoms. The third-order valence-electron chi connectivity index (χ3n) is 3.18. The Bertz CT molecular complexity index is 572. The third-order valence-corrected chi connectivity index (χ3v) is 3.18. The SMILES string of the molecule is Cc1ccc(C(C)NC(=O)c2ccc(CCN)cc2)o1. The van der Waals surface area contributed by atoms with Gasteiger partial charge in [0.25, 0.3) is 5.91 Å². The van der Waals surface area contributed by atoms with Gasteiger partial charge in [0.1, 0.15) is 11.5 Å². The van der Waals surface area contributed by atoms with Gasteiger partial charge in [-0.1, -0.05) is 12.1 Å². The number of hydrogen-bond acceptors (Lipinski definition) is 3. The average molecular weight is 272 g/mol. The molecule has 0 aliphatic heterocycles. The first kappa shape index (κ1) is 14.3. The second-order valence-electron chi connectivity index (χ2n) is 4.88. The molecular formula is C16H20N2O2. The summed E-state index contributed by atoms with van der Waals surface area (Å²) in [5, 5.41) is 2.92. The summed E-state index contributed by atoms with van der Waals surface area (Å²) in [6, 6.07) is 11.1. The van der Waals surface area contributed by atoms with E-state index >= 15 is 0 Å². The Balaban J connectivity index is 2.00. The number of aryl methyl sites for hydroxylation is 1. The van der Waals surface area contributed by atoms with E-state index in [4.69, 9.17) is 10.2 Å². The van der Waals surface area contributed by atoms with Crippen molar-refractivity contribution in [3.8, 4) is 0 Å². The molecule has 1 aromatic heterocycles. The maximum atomic E-state index is 12.1. The van der Waals surface area contributed by atoms with E-state index < -0.39 is 0 Å². The predicted octanol–water partition coefficient (Wildman–Crippen LogP) is 2.58. The monoisotopic (exact) mass is 272 g/mol. The largest absolute Gasteiger partial charge is 0.464 e. The second-order valence-corrected chi connectivity index (χ2v) is 4.88. The van der Waals surface area contributed by atoms with Crippen molar-refractivity contribution in [2.24, 2.45) is 5.73 Å². The Morgan fingerprint density at radius 3 is 2.50 bits per heavy atom. The zero-order valence-corrected chi connectivity index (χ0v) is 11.8. The van der Waals surface area contributed by atoms with Crippen molar-refractivity contribution in [2.45, 2.75) is 26.3 Å². The van der Waals surface area contributed by atoms with Gasteiger partial charge in [-0.25, -0.2) is 0 Å². The highest BCUT2D eigenvalue weighted by atomic mass is 16.3. The van der Waals surface area contributed by atoms with E-state index in [9.17, 15) is 4.79 Å². The fourth-order valence-electron chi connectivity index (χ4n) is 2.03. The molecule has 3 N–H and O–H groups in total. The zero-order chi connectivity index (χ0) is 14.5. The molecule has 4 nitrogen and oxygen atoms in total. The molecule has 1 heterocycles. The summed E-state index contributed by atoms with van der Waals surface area (Å²) in [6.45, 7) is 4.40. The summed E-state index contributed by atoms with van der Waals surface area (Å²) >= 11 is 0. The summed E-state index contributed by atoms with van der Waals surface area (Å²) in [5.74, 6) is 1.49. The van der Waals surface area contributed by atoms with Gasteiger partial charge in [0, 0.05) is 5.56 Å². The molecule has 0 saturated carbocycles. The van der Waals surface area contributed by atoms with Crippen LogP contribution >= 0.6 is 0 Å². The van der Waals surface area contributed by atoms with Crippen LogP contribution in [0.4, 0.5) is 0 Å². The molecule has 1 aromatic carbocycles. The van der Waals surface area contributed by atoms with Gasteiger partial charge in [-0.05, 0) is 56.6 Å². The van der Waals surface area contributed by atoms with Gasteiger partial charge in [-0.3, -0.25) is 4.79 Å². The smallest absolute Gasteiger partial charge is 0.251 e. The topological polar surface area (TPSA) is 68.3 Å². The van der Waals surface area contributed by atoms with Crippen molar-refractivity contribution < 1.29 is 9.21 Å². The molecule has 1 atom stereocenters. The summed E-state index contributed by atoms with van der Waals surface area (Å²) in [6.07, 6.45) is 0.823. The predicted molar refractivity (Wildman–Crippen MR) is 78.5 cm³/mol. The molecule has 0 aliphatic carbocycles. The molecule has 1 unspecified atom stereocenters. The van der Waals surface area contributed by atoms with E-state index in [1.54, 1.807) is 0 Å². The van der Waals surface area contributed by atoms with Crippen molar-refractivity contribution in [3.05, 3.63) is 59.0 Å². The molecule has 0 saturated heterocycles. The number of amides is 1. The lowest BCUT2D eigenvalue weighted by Gasteiger charge is -2.11. The van der Waals surface area contributed by atoms with E-state index in [0.717, 1.165) is 23.5 Å². The van der Waals surface area contributed by atoms with E-state index in [-0.39, 0.29) is 11.9 Å². The Hall–Kier alpha value is -2.07. The molecule has 2 rings (SSSR count). The van der Waals surface area contributed by atoms with Crippen molar-refractivity contribution in [3.63, 3.8) is 0 Å². The van der Waals surface area contributed by atoms with Gasteiger partial charge < -0.3 is 15.5 Å². The Morgan fingerprint density at radius 1 is 1.25 bits per heavy atom. The highest BCUT2D eigenvalue weighted by Gasteiger charge is 2.13. The third kappa shape index (κ3) is 3.48. The van der Waals surface area contributed by atoms with E-state index in [2.05, 4.69) is 5.32 Å². The number of nitrogens with two attached hydrogens (primary N) is 1. The lowest BCUT2D eigenvalue weighted by Crippen LogP contribution is -2.26. The van der Waals surface area contributed by atoms with Crippen LogP contribution in [0.5, 0.6) is 0 Å². The number of carbonyl (C=O) groups excluding carboxylic acids is 1. The van der Waals surface area contributed by atoms with E-state index in [1.165, 1.54) is 0 Å². The maximum Gasteiger partial charge on any atom is 0.251 e. The van der Waals surface area contributed by atoms with Gasteiger partial charge in [0.05, 0.1) is 6.04 Å².